The first-order chi connectivity index (χ1) is 11.4. The normalized spacial score (nSPS) is 14.6. The zero-order chi connectivity index (χ0) is 17.7. The lowest BCUT2D eigenvalue weighted by Crippen LogP contribution is -2.21. The van der Waals surface area contributed by atoms with Crippen molar-refractivity contribution in [1.82, 2.24) is 0 Å². The van der Waals surface area contributed by atoms with E-state index in [-0.39, 0.29) is 24.0 Å². The molecule has 0 unspecified atom stereocenters. The molecule has 1 aliphatic carbocycles. The predicted molar refractivity (Wildman–Crippen MR) is 94.5 cm³/mol. The first-order valence-electron chi connectivity index (χ1n) is 8.18. The molecule has 1 aromatic carbocycles. The van der Waals surface area contributed by atoms with Crippen LogP contribution < -0.4 is 0 Å². The highest BCUT2D eigenvalue weighted by Gasteiger charge is 2.25. The summed E-state index contributed by atoms with van der Waals surface area (Å²) in [5, 5.41) is 3.94. The largest absolute Gasteiger partial charge is 0.339 e. The molecular weight excluding hydrogens is 302 g/mol. The molecule has 0 atom stereocenters. The second-order valence-electron chi connectivity index (χ2n) is 6.48. The summed E-state index contributed by atoms with van der Waals surface area (Å²) in [4.78, 5) is 29.4. The van der Waals surface area contributed by atoms with Crippen molar-refractivity contribution in [2.75, 3.05) is 0 Å². The van der Waals surface area contributed by atoms with Crippen LogP contribution in [0.2, 0.25) is 0 Å². The minimum absolute atomic E-state index is 0.0505. The number of hydrogen-bond donors (Lipinski definition) is 0. The summed E-state index contributed by atoms with van der Waals surface area (Å²) in [6.45, 7) is 7.86. The first-order valence-corrected chi connectivity index (χ1v) is 8.18. The molecule has 0 saturated heterocycles. The minimum atomic E-state index is -0.426. The maximum atomic E-state index is 12.4. The zero-order valence-electron chi connectivity index (χ0n) is 14.6. The Balaban J connectivity index is 2.14. The van der Waals surface area contributed by atoms with Gasteiger partial charge in [0.2, 0.25) is 0 Å². The summed E-state index contributed by atoms with van der Waals surface area (Å²) in [7, 11) is 0. The van der Waals surface area contributed by atoms with Crippen LogP contribution in [0.25, 0.3) is 0 Å². The van der Waals surface area contributed by atoms with Crippen LogP contribution in [0.15, 0.2) is 58.8 Å². The lowest BCUT2D eigenvalue weighted by molar-refractivity contribution is -0.142. The Morgan fingerprint density at radius 1 is 1.00 bits per heavy atom. The van der Waals surface area contributed by atoms with Crippen molar-refractivity contribution < 1.29 is 14.4 Å². The second-order valence-corrected chi connectivity index (χ2v) is 6.48. The van der Waals surface area contributed by atoms with Crippen molar-refractivity contribution in [3.05, 3.63) is 59.2 Å². The van der Waals surface area contributed by atoms with Gasteiger partial charge in [-0.15, -0.1) is 0 Å². The number of Topliss-reactive ketones (excluding diaryl/α,β-unsaturated/α-hetero) is 1. The van der Waals surface area contributed by atoms with Gasteiger partial charge in [0.1, 0.15) is 5.71 Å². The van der Waals surface area contributed by atoms with Crippen molar-refractivity contribution in [1.29, 1.82) is 0 Å². The molecule has 126 valence electrons. The number of nitrogens with zero attached hydrogens (tertiary/aromatic N) is 1. The molecule has 0 aromatic heterocycles. The number of oxime groups is 1. The van der Waals surface area contributed by atoms with Crippen LogP contribution in [0.4, 0.5) is 0 Å². The van der Waals surface area contributed by atoms with E-state index in [2.05, 4.69) is 5.16 Å². The van der Waals surface area contributed by atoms with Crippen LogP contribution >= 0.6 is 0 Å². The molecule has 0 bridgehead atoms. The number of carbonyl (C=O) groups excluding carboxylic acids is 2. The van der Waals surface area contributed by atoms with Crippen LogP contribution in [0.3, 0.4) is 0 Å². The number of benzene rings is 1. The third-order valence-corrected chi connectivity index (χ3v) is 3.82. The number of hydrogen-bond acceptors (Lipinski definition) is 4. The van der Waals surface area contributed by atoms with Crippen LogP contribution in [-0.4, -0.2) is 17.5 Å². The average molecular weight is 325 g/mol. The van der Waals surface area contributed by atoms with Gasteiger partial charge in [-0.3, -0.25) is 4.79 Å². The van der Waals surface area contributed by atoms with E-state index in [4.69, 9.17) is 4.84 Å². The third-order valence-electron chi connectivity index (χ3n) is 3.82. The molecule has 0 fully saturated rings. The van der Waals surface area contributed by atoms with Crippen LogP contribution in [0, 0.1) is 11.8 Å². The fourth-order valence-corrected chi connectivity index (χ4v) is 2.47. The Hall–Kier alpha value is -2.49. The van der Waals surface area contributed by atoms with Gasteiger partial charge in [-0.1, -0.05) is 63.2 Å². The van der Waals surface area contributed by atoms with E-state index in [0.717, 1.165) is 5.56 Å². The van der Waals surface area contributed by atoms with Gasteiger partial charge < -0.3 is 4.84 Å². The monoisotopic (exact) mass is 325 g/mol. The molecule has 0 amide bonds. The quantitative estimate of drug-likeness (QED) is 0.469. The number of rotatable bonds is 5. The highest BCUT2D eigenvalue weighted by Crippen LogP contribution is 2.25. The number of allylic oxidation sites excluding steroid dienone is 4. The third kappa shape index (κ3) is 4.51. The van der Waals surface area contributed by atoms with Gasteiger partial charge in [-0.25, -0.2) is 4.79 Å². The fourth-order valence-electron chi connectivity index (χ4n) is 2.47. The molecular formula is C20H23NO3. The summed E-state index contributed by atoms with van der Waals surface area (Å²) in [5.74, 6) is -0.200. The molecule has 0 N–H and O–H groups in total. The molecule has 0 saturated carbocycles. The zero-order valence-corrected chi connectivity index (χ0v) is 14.6. The topological polar surface area (TPSA) is 55.7 Å². The maximum Gasteiger partial charge on any atom is 0.339 e. The summed E-state index contributed by atoms with van der Waals surface area (Å²) in [6, 6.07) is 9.36. The van der Waals surface area contributed by atoms with Crippen molar-refractivity contribution in [2.24, 2.45) is 17.0 Å². The van der Waals surface area contributed by atoms with Crippen molar-refractivity contribution in [3.63, 3.8) is 0 Å². The summed E-state index contributed by atoms with van der Waals surface area (Å²) in [5.41, 5.74) is 2.76. The number of ketones is 1. The average Bonchev–Trinajstić information content (AvgIpc) is 2.54. The summed E-state index contributed by atoms with van der Waals surface area (Å²) in [6.07, 6.45) is 3.57. The van der Waals surface area contributed by atoms with Crippen molar-refractivity contribution in [3.8, 4) is 0 Å². The SMILES string of the molecule is CC(C)C1=CC(=NOC(=O)Cc2ccccc2)C=C(C(C)C)C1=O. The molecule has 0 heterocycles. The Labute approximate surface area is 142 Å². The van der Waals surface area contributed by atoms with E-state index in [0.29, 0.717) is 16.9 Å². The van der Waals surface area contributed by atoms with Gasteiger partial charge in [0.25, 0.3) is 0 Å². The molecule has 4 nitrogen and oxygen atoms in total. The van der Waals surface area contributed by atoms with Gasteiger partial charge in [-0.2, -0.15) is 0 Å². The molecule has 1 aromatic rings. The maximum absolute atomic E-state index is 12.4. The molecule has 24 heavy (non-hydrogen) atoms. The lowest BCUT2D eigenvalue weighted by Gasteiger charge is -2.19. The van der Waals surface area contributed by atoms with Crippen molar-refractivity contribution >= 4 is 17.5 Å². The fraction of sp³-hybridized carbons (Fsp3) is 0.350. The van der Waals surface area contributed by atoms with E-state index in [1.54, 1.807) is 12.2 Å². The molecule has 4 heteroatoms. The minimum Gasteiger partial charge on any atom is -0.317 e. The van der Waals surface area contributed by atoms with Gasteiger partial charge in [0.15, 0.2) is 5.78 Å². The summed E-state index contributed by atoms with van der Waals surface area (Å²) < 4.78 is 0. The van der Waals surface area contributed by atoms with Gasteiger partial charge in [-0.05, 0) is 29.6 Å². The van der Waals surface area contributed by atoms with E-state index >= 15 is 0 Å². The van der Waals surface area contributed by atoms with E-state index < -0.39 is 5.97 Å². The number of carbonyl (C=O) groups is 2. The predicted octanol–water partition coefficient (Wildman–Crippen LogP) is 3.88. The van der Waals surface area contributed by atoms with Crippen LogP contribution in [-0.2, 0) is 20.8 Å². The molecule has 0 radical (unpaired) electrons. The Morgan fingerprint density at radius 3 is 2.04 bits per heavy atom. The highest BCUT2D eigenvalue weighted by molar-refractivity contribution is 6.22. The van der Waals surface area contributed by atoms with Crippen molar-refractivity contribution in [2.45, 2.75) is 34.1 Å². The van der Waals surface area contributed by atoms with Gasteiger partial charge in [0.05, 0.1) is 6.42 Å². The molecule has 1 aliphatic rings. The molecule has 0 aliphatic heterocycles. The lowest BCUT2D eigenvalue weighted by atomic mass is 9.84. The van der Waals surface area contributed by atoms with Crippen LogP contribution in [0.1, 0.15) is 33.3 Å². The highest BCUT2D eigenvalue weighted by atomic mass is 16.7. The van der Waals surface area contributed by atoms with E-state index in [1.165, 1.54) is 0 Å². The van der Waals surface area contributed by atoms with Gasteiger partial charge in [0, 0.05) is 11.1 Å². The Bertz CT molecular complexity index is 680. The first kappa shape index (κ1) is 17.9. The standard InChI is InChI=1S/C20H23NO3/c1-13(2)17-11-16(12-18(14(3)4)20(17)23)21-24-19(22)10-15-8-6-5-7-9-15/h5-9,11-14H,10H2,1-4H3. The van der Waals surface area contributed by atoms with Crippen LogP contribution in [0.5, 0.6) is 0 Å². The smallest absolute Gasteiger partial charge is 0.317 e. The van der Waals surface area contributed by atoms with E-state index in [1.807, 2.05) is 58.0 Å². The Morgan fingerprint density at radius 2 is 1.54 bits per heavy atom. The summed E-state index contributed by atoms with van der Waals surface area (Å²) >= 11 is 0. The Kier molecular flexibility index (Phi) is 5.85. The molecule has 2 rings (SSSR count). The second kappa shape index (κ2) is 7.86. The van der Waals surface area contributed by atoms with Gasteiger partial charge >= 0.3 is 5.97 Å². The molecule has 0 spiro atoms. The van der Waals surface area contributed by atoms with E-state index in [9.17, 15) is 9.59 Å².